The van der Waals surface area contributed by atoms with Gasteiger partial charge in [0, 0.05) is 22.9 Å². The highest BCUT2D eigenvalue weighted by Gasteiger charge is 2.30. The molecule has 3 rings (SSSR count). The first-order valence-corrected chi connectivity index (χ1v) is 9.24. The fourth-order valence-corrected chi connectivity index (χ4v) is 3.80. The summed E-state index contributed by atoms with van der Waals surface area (Å²) in [6, 6.07) is 11.6. The topological polar surface area (TPSA) is 38.3 Å². The first-order valence-electron chi connectivity index (χ1n) is 8.25. The number of hydrogen-bond donors (Lipinski definition) is 1. The Morgan fingerprint density at radius 3 is 2.54 bits per heavy atom. The van der Waals surface area contributed by atoms with Crippen LogP contribution >= 0.6 is 11.8 Å². The van der Waals surface area contributed by atoms with Crippen molar-refractivity contribution in [3.8, 4) is 0 Å². The Kier molecular flexibility index (Phi) is 5.88. The molecule has 0 aliphatic carbocycles. The highest BCUT2D eigenvalue weighted by atomic mass is 32.2. The molecule has 0 radical (unpaired) electrons. The fraction of sp³-hybridized carbons (Fsp3) is 0.316. The van der Waals surface area contributed by atoms with Crippen LogP contribution in [-0.4, -0.2) is 24.4 Å². The van der Waals surface area contributed by atoms with E-state index < -0.39 is 11.7 Å². The monoisotopic (exact) mass is 381 g/mol. The molecule has 0 unspecified atom stereocenters. The average Bonchev–Trinajstić information content (AvgIpc) is 3.13. The second-order valence-electron chi connectivity index (χ2n) is 5.97. The number of halogens is 3. The van der Waals surface area contributed by atoms with Crippen molar-refractivity contribution in [1.29, 1.82) is 0 Å². The van der Waals surface area contributed by atoms with Crippen molar-refractivity contribution in [2.75, 3.05) is 17.7 Å². The third-order valence-corrected chi connectivity index (χ3v) is 5.26. The molecule has 1 fully saturated rings. The van der Waals surface area contributed by atoms with Gasteiger partial charge in [-0.1, -0.05) is 12.1 Å². The Balaban J connectivity index is 1.67. The summed E-state index contributed by atoms with van der Waals surface area (Å²) >= 11 is 1.55. The summed E-state index contributed by atoms with van der Waals surface area (Å²) in [5, 5.41) is 2.65. The van der Waals surface area contributed by atoms with E-state index in [0.717, 1.165) is 42.2 Å². The van der Waals surface area contributed by atoms with Crippen LogP contribution < -0.4 is 5.32 Å². The van der Waals surface area contributed by atoms with Gasteiger partial charge in [-0.3, -0.25) is 4.79 Å². The number of carbonyl (C=O) groups is 1. The maximum Gasteiger partial charge on any atom is 0.416 e. The lowest BCUT2D eigenvalue weighted by atomic mass is 10.1. The summed E-state index contributed by atoms with van der Waals surface area (Å²) < 4.78 is 43.4. The van der Waals surface area contributed by atoms with Crippen LogP contribution in [0.25, 0.3) is 0 Å². The lowest BCUT2D eigenvalue weighted by molar-refractivity contribution is -0.137. The van der Waals surface area contributed by atoms with Crippen molar-refractivity contribution in [1.82, 2.24) is 0 Å². The van der Waals surface area contributed by atoms with Gasteiger partial charge in [0.1, 0.15) is 0 Å². The predicted molar refractivity (Wildman–Crippen MR) is 95.5 cm³/mol. The minimum absolute atomic E-state index is 0.200. The van der Waals surface area contributed by atoms with E-state index in [9.17, 15) is 18.0 Å². The molecule has 1 saturated heterocycles. The maximum absolute atomic E-state index is 12.6. The number of amides is 1. The van der Waals surface area contributed by atoms with Crippen LogP contribution in [0.5, 0.6) is 0 Å². The van der Waals surface area contributed by atoms with Gasteiger partial charge in [0.05, 0.1) is 17.2 Å². The van der Waals surface area contributed by atoms with Crippen molar-refractivity contribution in [2.24, 2.45) is 0 Å². The van der Waals surface area contributed by atoms with Gasteiger partial charge in [0.2, 0.25) is 0 Å². The van der Waals surface area contributed by atoms with Crippen LogP contribution in [-0.2, 0) is 10.9 Å². The molecule has 1 N–H and O–H groups in total. The molecular weight excluding hydrogens is 363 g/mol. The molecule has 0 aromatic heterocycles. The quantitative estimate of drug-likeness (QED) is 0.721. The van der Waals surface area contributed by atoms with Gasteiger partial charge < -0.3 is 10.1 Å². The number of benzene rings is 2. The number of ether oxygens (including phenoxy) is 1. The summed E-state index contributed by atoms with van der Waals surface area (Å²) in [5.74, 6) is 0.421. The Hall–Kier alpha value is -1.99. The van der Waals surface area contributed by atoms with E-state index >= 15 is 0 Å². The van der Waals surface area contributed by atoms with Gasteiger partial charge in [-0.25, -0.2) is 0 Å². The molecule has 0 spiro atoms. The molecule has 3 nitrogen and oxygen atoms in total. The van der Waals surface area contributed by atoms with E-state index in [1.807, 2.05) is 12.1 Å². The highest BCUT2D eigenvalue weighted by Crippen LogP contribution is 2.30. The number of hydrogen-bond acceptors (Lipinski definition) is 3. The van der Waals surface area contributed by atoms with E-state index in [-0.39, 0.29) is 12.0 Å². The standard InChI is InChI=1S/C19H18F3NO2S/c20-19(21,22)13-7-9-14(10-8-13)23-18(24)16-5-1-2-6-17(16)26-12-15-4-3-11-25-15/h1-2,5-10,15H,3-4,11-12H2,(H,23,24)/t15-/m0/s1. The summed E-state index contributed by atoms with van der Waals surface area (Å²) in [6.45, 7) is 0.779. The molecule has 7 heteroatoms. The zero-order valence-electron chi connectivity index (χ0n) is 13.9. The van der Waals surface area contributed by atoms with Crippen molar-refractivity contribution in [3.63, 3.8) is 0 Å². The SMILES string of the molecule is O=C(Nc1ccc(C(F)(F)F)cc1)c1ccccc1SC[C@@H]1CCCO1. The smallest absolute Gasteiger partial charge is 0.377 e. The molecule has 138 valence electrons. The normalized spacial score (nSPS) is 17.3. The number of nitrogens with one attached hydrogen (secondary N) is 1. The molecule has 1 atom stereocenters. The molecule has 26 heavy (non-hydrogen) atoms. The molecule has 2 aromatic rings. The molecular formula is C19H18F3NO2S. The number of carbonyl (C=O) groups excluding carboxylic acids is 1. The zero-order valence-corrected chi connectivity index (χ0v) is 14.7. The number of alkyl halides is 3. The molecule has 0 bridgehead atoms. The van der Waals surface area contributed by atoms with Crippen LogP contribution in [0.15, 0.2) is 53.4 Å². The third kappa shape index (κ3) is 4.80. The molecule has 1 aliphatic heterocycles. The van der Waals surface area contributed by atoms with Crippen molar-refractivity contribution < 1.29 is 22.7 Å². The van der Waals surface area contributed by atoms with Gasteiger partial charge in [-0.2, -0.15) is 13.2 Å². The minimum atomic E-state index is -4.39. The van der Waals surface area contributed by atoms with E-state index in [1.165, 1.54) is 12.1 Å². The van der Waals surface area contributed by atoms with Crippen LogP contribution in [0.1, 0.15) is 28.8 Å². The third-order valence-electron chi connectivity index (χ3n) is 4.05. The zero-order chi connectivity index (χ0) is 18.6. The largest absolute Gasteiger partial charge is 0.416 e. The second kappa shape index (κ2) is 8.14. The van der Waals surface area contributed by atoms with Gasteiger partial charge in [0.15, 0.2) is 0 Å². The molecule has 0 saturated carbocycles. The van der Waals surface area contributed by atoms with Gasteiger partial charge in [0.25, 0.3) is 5.91 Å². The van der Waals surface area contributed by atoms with Crippen molar-refractivity contribution in [3.05, 3.63) is 59.7 Å². The molecule has 2 aromatic carbocycles. The summed E-state index contributed by atoms with van der Waals surface area (Å²) in [5.41, 5.74) is 0.0698. The Morgan fingerprint density at radius 1 is 1.15 bits per heavy atom. The summed E-state index contributed by atoms with van der Waals surface area (Å²) in [4.78, 5) is 13.4. The lowest BCUT2D eigenvalue weighted by Gasteiger charge is -2.13. The van der Waals surface area contributed by atoms with Crippen molar-refractivity contribution >= 4 is 23.4 Å². The van der Waals surface area contributed by atoms with Gasteiger partial charge in [-0.05, 0) is 49.2 Å². The van der Waals surface area contributed by atoms with Crippen LogP contribution in [0, 0.1) is 0 Å². The minimum Gasteiger partial charge on any atom is -0.377 e. The fourth-order valence-electron chi connectivity index (χ4n) is 2.68. The van der Waals surface area contributed by atoms with E-state index in [2.05, 4.69) is 5.32 Å². The lowest BCUT2D eigenvalue weighted by Crippen LogP contribution is -2.14. The van der Waals surface area contributed by atoms with Crippen LogP contribution in [0.2, 0.25) is 0 Å². The van der Waals surface area contributed by atoms with Crippen LogP contribution in [0.4, 0.5) is 18.9 Å². The van der Waals surface area contributed by atoms with E-state index in [4.69, 9.17) is 4.74 Å². The highest BCUT2D eigenvalue weighted by molar-refractivity contribution is 7.99. The summed E-state index contributed by atoms with van der Waals surface area (Å²) in [7, 11) is 0. The van der Waals surface area contributed by atoms with E-state index in [0.29, 0.717) is 11.3 Å². The van der Waals surface area contributed by atoms with E-state index in [1.54, 1.807) is 23.9 Å². The first kappa shape index (κ1) is 18.8. The molecule has 1 aliphatic rings. The van der Waals surface area contributed by atoms with Gasteiger partial charge >= 0.3 is 6.18 Å². The molecule has 1 amide bonds. The first-order chi connectivity index (χ1) is 12.4. The Bertz CT molecular complexity index is 756. The number of anilines is 1. The second-order valence-corrected chi connectivity index (χ2v) is 7.03. The number of rotatable bonds is 5. The van der Waals surface area contributed by atoms with Crippen molar-refractivity contribution in [2.45, 2.75) is 30.0 Å². The Morgan fingerprint density at radius 2 is 1.88 bits per heavy atom. The maximum atomic E-state index is 12.6. The summed E-state index contributed by atoms with van der Waals surface area (Å²) in [6.07, 6.45) is -2.12. The van der Waals surface area contributed by atoms with Gasteiger partial charge in [-0.15, -0.1) is 11.8 Å². The predicted octanol–water partition coefficient (Wildman–Crippen LogP) is 5.23. The average molecular weight is 381 g/mol. The Labute approximate surface area is 153 Å². The molecule has 1 heterocycles. The number of thioether (sulfide) groups is 1. The van der Waals surface area contributed by atoms with Crippen LogP contribution in [0.3, 0.4) is 0 Å².